The van der Waals surface area contributed by atoms with Crippen LogP contribution in [0, 0.1) is 0 Å². The summed E-state index contributed by atoms with van der Waals surface area (Å²) in [5.74, 6) is 0. The van der Waals surface area contributed by atoms with Crippen LogP contribution in [-0.4, -0.2) is 10.1 Å². The third-order valence-electron chi connectivity index (χ3n) is 2.90. The molecular weight excluding hydrogens is 266 g/mol. The first kappa shape index (κ1) is 11.7. The average Bonchev–Trinajstić information content (AvgIpc) is 2.83. The highest BCUT2D eigenvalue weighted by Crippen LogP contribution is 2.35. The van der Waals surface area contributed by atoms with E-state index < -0.39 is 6.10 Å². The van der Waals surface area contributed by atoms with Crippen molar-refractivity contribution in [2.24, 2.45) is 0 Å². The Morgan fingerprint density at radius 2 is 2.11 bits per heavy atom. The van der Waals surface area contributed by atoms with Crippen LogP contribution in [0.4, 0.5) is 0 Å². The molecule has 0 saturated heterocycles. The van der Waals surface area contributed by atoms with E-state index in [1.54, 1.807) is 18.5 Å². The molecule has 2 heterocycles. The lowest BCUT2D eigenvalue weighted by Crippen LogP contribution is -1.98. The molecule has 0 bridgehead atoms. The number of halogens is 1. The molecule has 0 aliphatic carbocycles. The fourth-order valence-corrected chi connectivity index (χ4v) is 3.19. The SMILES string of the molecule is OC(c1sccc1Cl)c1cccc2cnccc12. The molecule has 1 atom stereocenters. The van der Waals surface area contributed by atoms with E-state index >= 15 is 0 Å². The molecular formula is C14H10ClNOS. The van der Waals surface area contributed by atoms with Crippen LogP contribution in [0.15, 0.2) is 48.1 Å². The minimum Gasteiger partial charge on any atom is -0.383 e. The molecule has 0 spiro atoms. The van der Waals surface area contributed by atoms with Crippen molar-refractivity contribution in [1.29, 1.82) is 0 Å². The summed E-state index contributed by atoms with van der Waals surface area (Å²) in [6, 6.07) is 9.54. The molecule has 1 N–H and O–H groups in total. The van der Waals surface area contributed by atoms with Crippen LogP contribution in [0.5, 0.6) is 0 Å². The van der Waals surface area contributed by atoms with E-state index in [1.807, 2.05) is 29.6 Å². The van der Waals surface area contributed by atoms with Crippen LogP contribution in [0.2, 0.25) is 5.02 Å². The number of hydrogen-bond donors (Lipinski definition) is 1. The molecule has 2 aromatic heterocycles. The summed E-state index contributed by atoms with van der Waals surface area (Å²) >= 11 is 7.54. The van der Waals surface area contributed by atoms with Gasteiger partial charge >= 0.3 is 0 Å². The van der Waals surface area contributed by atoms with Gasteiger partial charge in [0.05, 0.1) is 9.90 Å². The largest absolute Gasteiger partial charge is 0.383 e. The van der Waals surface area contributed by atoms with Crippen molar-refractivity contribution in [3.63, 3.8) is 0 Å². The van der Waals surface area contributed by atoms with E-state index in [-0.39, 0.29) is 0 Å². The van der Waals surface area contributed by atoms with Crippen LogP contribution < -0.4 is 0 Å². The van der Waals surface area contributed by atoms with Gasteiger partial charge in [-0.05, 0) is 28.5 Å². The molecule has 0 fully saturated rings. The zero-order valence-electron chi connectivity index (χ0n) is 9.38. The van der Waals surface area contributed by atoms with Crippen LogP contribution in [0.25, 0.3) is 10.8 Å². The van der Waals surface area contributed by atoms with Crippen molar-refractivity contribution in [1.82, 2.24) is 4.98 Å². The number of aliphatic hydroxyl groups is 1. The molecule has 90 valence electrons. The normalized spacial score (nSPS) is 12.8. The molecule has 1 aromatic carbocycles. The molecule has 0 amide bonds. The molecule has 3 aromatic rings. The summed E-state index contributed by atoms with van der Waals surface area (Å²) in [7, 11) is 0. The maximum atomic E-state index is 10.5. The fourth-order valence-electron chi connectivity index (χ4n) is 2.03. The van der Waals surface area contributed by atoms with Crippen molar-refractivity contribution in [2.75, 3.05) is 0 Å². The van der Waals surface area contributed by atoms with Gasteiger partial charge in [0.25, 0.3) is 0 Å². The van der Waals surface area contributed by atoms with Gasteiger partial charge in [0.15, 0.2) is 0 Å². The van der Waals surface area contributed by atoms with E-state index in [0.29, 0.717) is 5.02 Å². The van der Waals surface area contributed by atoms with Gasteiger partial charge in [-0.2, -0.15) is 0 Å². The number of pyridine rings is 1. The molecule has 1 unspecified atom stereocenters. The highest BCUT2D eigenvalue weighted by Gasteiger charge is 2.17. The minimum atomic E-state index is -0.691. The van der Waals surface area contributed by atoms with Gasteiger partial charge in [-0.25, -0.2) is 0 Å². The van der Waals surface area contributed by atoms with Gasteiger partial charge in [0.1, 0.15) is 6.10 Å². The Balaban J connectivity index is 2.18. The van der Waals surface area contributed by atoms with Crippen molar-refractivity contribution in [3.05, 3.63) is 63.6 Å². The average molecular weight is 276 g/mol. The molecule has 3 rings (SSSR count). The quantitative estimate of drug-likeness (QED) is 0.766. The Bertz CT molecular complexity index is 690. The number of benzene rings is 1. The summed E-state index contributed by atoms with van der Waals surface area (Å²) in [6.45, 7) is 0. The van der Waals surface area contributed by atoms with Gasteiger partial charge < -0.3 is 5.11 Å². The number of hydrogen-bond acceptors (Lipinski definition) is 3. The summed E-state index contributed by atoms with van der Waals surface area (Å²) in [5.41, 5.74) is 0.860. The second kappa shape index (κ2) is 4.69. The molecule has 0 aliphatic rings. The zero-order chi connectivity index (χ0) is 12.5. The first-order valence-corrected chi connectivity index (χ1v) is 6.77. The van der Waals surface area contributed by atoms with Crippen LogP contribution in [-0.2, 0) is 0 Å². The third-order valence-corrected chi connectivity index (χ3v) is 4.31. The lowest BCUT2D eigenvalue weighted by molar-refractivity contribution is 0.226. The number of rotatable bonds is 2. The predicted octanol–water partition coefficient (Wildman–Crippen LogP) is 4.03. The minimum absolute atomic E-state index is 0.610. The van der Waals surface area contributed by atoms with Crippen LogP contribution >= 0.6 is 22.9 Å². The number of aromatic nitrogens is 1. The monoisotopic (exact) mass is 275 g/mol. The first-order chi connectivity index (χ1) is 8.77. The van der Waals surface area contributed by atoms with E-state index in [0.717, 1.165) is 21.2 Å². The fraction of sp³-hybridized carbons (Fsp3) is 0.0714. The van der Waals surface area contributed by atoms with Gasteiger partial charge in [-0.15, -0.1) is 11.3 Å². The smallest absolute Gasteiger partial charge is 0.115 e. The van der Waals surface area contributed by atoms with Gasteiger partial charge in [-0.1, -0.05) is 29.8 Å². The molecule has 0 radical (unpaired) electrons. The lowest BCUT2D eigenvalue weighted by Gasteiger charge is -2.12. The summed E-state index contributed by atoms with van der Waals surface area (Å²) in [6.07, 6.45) is 2.83. The number of nitrogens with zero attached hydrogens (tertiary/aromatic N) is 1. The Kier molecular flexibility index (Phi) is 3.04. The Hall–Kier alpha value is -1.42. The van der Waals surface area contributed by atoms with E-state index in [4.69, 9.17) is 11.6 Å². The van der Waals surface area contributed by atoms with Gasteiger partial charge in [0, 0.05) is 17.8 Å². The maximum Gasteiger partial charge on any atom is 0.115 e. The summed E-state index contributed by atoms with van der Waals surface area (Å²) < 4.78 is 0. The van der Waals surface area contributed by atoms with Crippen LogP contribution in [0.1, 0.15) is 16.5 Å². The molecule has 4 heteroatoms. The topological polar surface area (TPSA) is 33.1 Å². The highest BCUT2D eigenvalue weighted by molar-refractivity contribution is 7.10. The second-order valence-electron chi connectivity index (χ2n) is 3.98. The Morgan fingerprint density at radius 3 is 2.89 bits per heavy atom. The third kappa shape index (κ3) is 1.90. The molecule has 2 nitrogen and oxygen atoms in total. The molecule has 0 aliphatic heterocycles. The maximum absolute atomic E-state index is 10.5. The molecule has 0 saturated carbocycles. The molecule has 18 heavy (non-hydrogen) atoms. The van der Waals surface area contributed by atoms with E-state index in [9.17, 15) is 5.11 Å². The number of fused-ring (bicyclic) bond motifs is 1. The summed E-state index contributed by atoms with van der Waals surface area (Å²) in [5, 5.41) is 15.0. The number of aliphatic hydroxyl groups excluding tert-OH is 1. The van der Waals surface area contributed by atoms with Crippen molar-refractivity contribution in [3.8, 4) is 0 Å². The lowest BCUT2D eigenvalue weighted by atomic mass is 10.0. The van der Waals surface area contributed by atoms with Crippen molar-refractivity contribution < 1.29 is 5.11 Å². The second-order valence-corrected chi connectivity index (χ2v) is 5.33. The Labute approximate surface area is 113 Å². The highest BCUT2D eigenvalue weighted by atomic mass is 35.5. The standard InChI is InChI=1S/C14H10ClNOS/c15-12-5-7-18-14(12)13(17)11-3-1-2-9-8-16-6-4-10(9)11/h1-8,13,17H. The number of thiophene rings is 1. The van der Waals surface area contributed by atoms with Crippen molar-refractivity contribution >= 4 is 33.7 Å². The van der Waals surface area contributed by atoms with Gasteiger partial charge in [-0.3, -0.25) is 4.98 Å². The first-order valence-electron chi connectivity index (χ1n) is 5.51. The zero-order valence-corrected chi connectivity index (χ0v) is 10.9. The predicted molar refractivity (Wildman–Crippen MR) is 75.1 cm³/mol. The van der Waals surface area contributed by atoms with Gasteiger partial charge in [0.2, 0.25) is 0 Å². The van der Waals surface area contributed by atoms with Crippen molar-refractivity contribution in [2.45, 2.75) is 6.10 Å². The van der Waals surface area contributed by atoms with E-state index in [1.165, 1.54) is 11.3 Å². The van der Waals surface area contributed by atoms with Crippen LogP contribution in [0.3, 0.4) is 0 Å². The Morgan fingerprint density at radius 1 is 1.22 bits per heavy atom. The van der Waals surface area contributed by atoms with E-state index in [2.05, 4.69) is 4.98 Å². The summed E-state index contributed by atoms with van der Waals surface area (Å²) in [4.78, 5) is 4.87.